The van der Waals surface area contributed by atoms with Crippen LogP contribution in [0.25, 0.3) is 0 Å². The van der Waals surface area contributed by atoms with Gasteiger partial charge in [0.1, 0.15) is 0 Å². The monoisotopic (exact) mass is 252 g/mol. The molecule has 0 bridgehead atoms. The van der Waals surface area contributed by atoms with Gasteiger partial charge in [-0.25, -0.2) is 0 Å². The summed E-state index contributed by atoms with van der Waals surface area (Å²) in [6.07, 6.45) is 7.86. The van der Waals surface area contributed by atoms with Crippen LogP contribution in [0, 0.1) is 5.41 Å². The highest BCUT2D eigenvalue weighted by Gasteiger charge is 2.54. The molecule has 102 valence electrons. The molecular weight excluding hydrogens is 228 g/mol. The highest BCUT2D eigenvalue weighted by Crippen LogP contribution is 2.42. The van der Waals surface area contributed by atoms with E-state index in [-0.39, 0.29) is 11.9 Å². The van der Waals surface area contributed by atoms with Gasteiger partial charge in [0.05, 0.1) is 6.10 Å². The molecule has 0 unspecified atom stereocenters. The molecule has 0 saturated carbocycles. The summed E-state index contributed by atoms with van der Waals surface area (Å²) in [6, 6.07) is 0. The Kier molecular flexibility index (Phi) is 4.88. The van der Waals surface area contributed by atoms with Gasteiger partial charge in [-0.15, -0.1) is 6.58 Å². The number of allylic oxidation sites excluding steroid dienone is 1. The average Bonchev–Trinajstić information content (AvgIpc) is 2.37. The second-order valence-corrected chi connectivity index (χ2v) is 5.25. The fourth-order valence-corrected chi connectivity index (χ4v) is 2.34. The molecule has 1 fully saturated rings. The van der Waals surface area contributed by atoms with E-state index in [0.29, 0.717) is 6.42 Å². The van der Waals surface area contributed by atoms with Crippen LogP contribution in [-0.2, 0) is 14.3 Å². The molecule has 2 atom stereocenters. The Morgan fingerprint density at radius 2 is 2.28 bits per heavy atom. The van der Waals surface area contributed by atoms with Crippen molar-refractivity contribution in [2.45, 2.75) is 51.9 Å². The molecule has 1 saturated heterocycles. The lowest BCUT2D eigenvalue weighted by Crippen LogP contribution is -2.58. The zero-order chi connectivity index (χ0) is 13.8. The summed E-state index contributed by atoms with van der Waals surface area (Å²) in [5.74, 6) is -1.19. The molecule has 0 aromatic heterocycles. The van der Waals surface area contributed by atoms with Crippen molar-refractivity contribution in [2.24, 2.45) is 5.41 Å². The predicted octanol–water partition coefficient (Wildman–Crippen LogP) is 3.26. The van der Waals surface area contributed by atoms with Crippen LogP contribution in [0.15, 0.2) is 24.8 Å². The average molecular weight is 252 g/mol. The Balaban J connectivity index is 3.00. The Morgan fingerprint density at radius 3 is 2.78 bits per heavy atom. The van der Waals surface area contributed by atoms with E-state index in [1.165, 1.54) is 7.11 Å². The quantitative estimate of drug-likeness (QED) is 0.705. The number of ketones is 1. The normalized spacial score (nSPS) is 29.8. The summed E-state index contributed by atoms with van der Waals surface area (Å²) in [6.45, 7) is 9.61. The van der Waals surface area contributed by atoms with E-state index < -0.39 is 11.2 Å². The topological polar surface area (TPSA) is 35.5 Å². The number of hydrogen-bond donors (Lipinski definition) is 0. The highest BCUT2D eigenvalue weighted by atomic mass is 16.7. The minimum atomic E-state index is -1.20. The van der Waals surface area contributed by atoms with Crippen LogP contribution in [0.2, 0.25) is 0 Å². The number of Topliss-reactive ketones (excluding diaryl/α,β-unsaturated/α-hetero) is 1. The van der Waals surface area contributed by atoms with E-state index in [1.807, 2.05) is 26.8 Å². The van der Waals surface area contributed by atoms with Gasteiger partial charge < -0.3 is 9.47 Å². The molecule has 1 aliphatic rings. The van der Waals surface area contributed by atoms with Crippen LogP contribution in [0.3, 0.4) is 0 Å². The fourth-order valence-electron chi connectivity index (χ4n) is 2.34. The fraction of sp³-hybridized carbons (Fsp3) is 0.667. The Labute approximate surface area is 110 Å². The Hall–Kier alpha value is -0.930. The minimum absolute atomic E-state index is 0.00614. The number of carbonyl (C=O) groups excluding carboxylic acids is 1. The lowest BCUT2D eigenvalue weighted by molar-refractivity contribution is -0.281. The van der Waals surface area contributed by atoms with Crippen molar-refractivity contribution < 1.29 is 14.3 Å². The molecule has 1 heterocycles. The third kappa shape index (κ3) is 2.57. The smallest absolute Gasteiger partial charge is 0.237 e. The van der Waals surface area contributed by atoms with E-state index >= 15 is 0 Å². The summed E-state index contributed by atoms with van der Waals surface area (Å²) in [5, 5.41) is 0. The lowest BCUT2D eigenvalue weighted by Gasteiger charge is -2.46. The third-order valence-corrected chi connectivity index (χ3v) is 3.67. The molecule has 0 spiro atoms. The maximum absolute atomic E-state index is 12.3. The summed E-state index contributed by atoms with van der Waals surface area (Å²) in [4.78, 5) is 12.3. The summed E-state index contributed by atoms with van der Waals surface area (Å²) < 4.78 is 11.5. The van der Waals surface area contributed by atoms with Gasteiger partial charge in [-0.3, -0.25) is 4.79 Å². The first kappa shape index (κ1) is 15.1. The molecule has 1 aliphatic heterocycles. The highest BCUT2D eigenvalue weighted by molar-refractivity contribution is 5.87. The molecule has 18 heavy (non-hydrogen) atoms. The number of ether oxygens (including phenoxy) is 2. The van der Waals surface area contributed by atoms with Crippen molar-refractivity contribution in [3.05, 3.63) is 24.8 Å². The van der Waals surface area contributed by atoms with Crippen molar-refractivity contribution in [3.63, 3.8) is 0 Å². The van der Waals surface area contributed by atoms with Crippen molar-refractivity contribution in [1.29, 1.82) is 0 Å². The first-order chi connectivity index (χ1) is 8.43. The van der Waals surface area contributed by atoms with E-state index in [0.717, 1.165) is 12.8 Å². The van der Waals surface area contributed by atoms with E-state index in [2.05, 4.69) is 12.7 Å². The van der Waals surface area contributed by atoms with Gasteiger partial charge in [-0.05, 0) is 19.8 Å². The maximum atomic E-state index is 12.3. The predicted molar refractivity (Wildman–Crippen MR) is 72.3 cm³/mol. The maximum Gasteiger partial charge on any atom is 0.237 e. The SMILES string of the molecule is C=CC(C)(C)[C@]1(OC)O[C@H](C/C=C/C)CCC1=O. The van der Waals surface area contributed by atoms with Gasteiger partial charge in [0.15, 0.2) is 5.78 Å². The van der Waals surface area contributed by atoms with Gasteiger partial charge in [0.25, 0.3) is 0 Å². The van der Waals surface area contributed by atoms with Crippen molar-refractivity contribution in [1.82, 2.24) is 0 Å². The molecular formula is C15H24O3. The lowest BCUT2D eigenvalue weighted by atomic mass is 9.77. The molecule has 0 amide bonds. The van der Waals surface area contributed by atoms with Gasteiger partial charge >= 0.3 is 0 Å². The van der Waals surface area contributed by atoms with E-state index in [9.17, 15) is 4.79 Å². The minimum Gasteiger partial charge on any atom is -0.346 e. The summed E-state index contributed by atoms with van der Waals surface area (Å²) in [7, 11) is 1.53. The van der Waals surface area contributed by atoms with Crippen molar-refractivity contribution >= 4 is 5.78 Å². The molecule has 3 heteroatoms. The number of methoxy groups -OCH3 is 1. The van der Waals surface area contributed by atoms with Crippen LogP contribution in [-0.4, -0.2) is 24.8 Å². The first-order valence-corrected chi connectivity index (χ1v) is 6.44. The molecule has 0 aromatic carbocycles. The van der Waals surface area contributed by atoms with Gasteiger partial charge in [0.2, 0.25) is 5.79 Å². The summed E-state index contributed by atoms with van der Waals surface area (Å²) in [5.41, 5.74) is -0.548. The molecule has 3 nitrogen and oxygen atoms in total. The second-order valence-electron chi connectivity index (χ2n) is 5.25. The molecule has 0 radical (unpaired) electrons. The molecule has 0 aliphatic carbocycles. The molecule has 0 N–H and O–H groups in total. The van der Waals surface area contributed by atoms with Crippen LogP contribution in [0.5, 0.6) is 0 Å². The van der Waals surface area contributed by atoms with Crippen LogP contribution >= 0.6 is 0 Å². The van der Waals surface area contributed by atoms with Crippen LogP contribution in [0.4, 0.5) is 0 Å². The van der Waals surface area contributed by atoms with Crippen molar-refractivity contribution in [2.75, 3.05) is 7.11 Å². The van der Waals surface area contributed by atoms with Gasteiger partial charge in [0, 0.05) is 18.9 Å². The third-order valence-electron chi connectivity index (χ3n) is 3.67. The molecule has 1 rings (SSSR count). The van der Waals surface area contributed by atoms with Gasteiger partial charge in [-0.1, -0.05) is 32.1 Å². The molecule has 0 aromatic rings. The van der Waals surface area contributed by atoms with Crippen LogP contribution in [0.1, 0.15) is 40.0 Å². The first-order valence-electron chi connectivity index (χ1n) is 6.44. The number of carbonyl (C=O) groups is 1. The van der Waals surface area contributed by atoms with Crippen LogP contribution < -0.4 is 0 Å². The van der Waals surface area contributed by atoms with Gasteiger partial charge in [-0.2, -0.15) is 0 Å². The Morgan fingerprint density at radius 1 is 1.61 bits per heavy atom. The number of hydrogen-bond acceptors (Lipinski definition) is 3. The largest absolute Gasteiger partial charge is 0.346 e. The zero-order valence-corrected chi connectivity index (χ0v) is 11.9. The van der Waals surface area contributed by atoms with Crippen molar-refractivity contribution in [3.8, 4) is 0 Å². The zero-order valence-electron chi connectivity index (χ0n) is 11.9. The van der Waals surface area contributed by atoms with E-state index in [4.69, 9.17) is 9.47 Å². The second kappa shape index (κ2) is 5.81. The summed E-state index contributed by atoms with van der Waals surface area (Å²) >= 11 is 0. The standard InChI is InChI=1S/C15H24O3/c1-6-8-9-12-10-11-13(16)15(17-5,18-12)14(3,4)7-2/h6-8,12H,2,9-11H2,1,3-5H3/b8-6+/t12-,15-/m1/s1. The number of rotatable bonds is 5. The van der Waals surface area contributed by atoms with E-state index in [1.54, 1.807) is 6.08 Å². The Bertz CT molecular complexity index is 344.